The van der Waals surface area contributed by atoms with Gasteiger partial charge in [-0.15, -0.1) is 0 Å². The van der Waals surface area contributed by atoms with E-state index in [0.29, 0.717) is 4.90 Å². The zero-order valence-electron chi connectivity index (χ0n) is 14.1. The van der Waals surface area contributed by atoms with Crippen LogP contribution in [0.3, 0.4) is 0 Å². The quantitative estimate of drug-likeness (QED) is 0.544. The summed E-state index contributed by atoms with van der Waals surface area (Å²) < 4.78 is 23.4. The molecule has 5 heteroatoms. The Morgan fingerprint density at radius 2 is 1.50 bits per heavy atom. The standard InChI is InChI=1S/C21H16N2O2S/c1-26(24,25)17-8-6-15(7-9-17)19-14-21(16-10-12-22-13-11-16)23-20-5-3-2-4-18(19)20/h2-14H,1H3. The number of fused-ring (bicyclic) bond motifs is 1. The number of benzene rings is 2. The van der Waals surface area contributed by atoms with E-state index in [0.717, 1.165) is 33.3 Å². The molecule has 0 aliphatic rings. The number of aromatic nitrogens is 2. The molecule has 0 unspecified atom stereocenters. The van der Waals surface area contributed by atoms with Crippen LogP contribution in [0.25, 0.3) is 33.3 Å². The smallest absolute Gasteiger partial charge is 0.175 e. The summed E-state index contributed by atoms with van der Waals surface area (Å²) in [6.07, 6.45) is 4.70. The molecule has 4 rings (SSSR count). The number of pyridine rings is 2. The van der Waals surface area contributed by atoms with Gasteiger partial charge in [-0.2, -0.15) is 0 Å². The lowest BCUT2D eigenvalue weighted by Gasteiger charge is -2.11. The van der Waals surface area contributed by atoms with E-state index in [-0.39, 0.29) is 0 Å². The summed E-state index contributed by atoms with van der Waals surface area (Å²) in [6, 6.07) is 20.8. The van der Waals surface area contributed by atoms with E-state index in [2.05, 4.69) is 4.98 Å². The van der Waals surface area contributed by atoms with Crippen molar-refractivity contribution < 1.29 is 8.42 Å². The molecule has 0 fully saturated rings. The number of rotatable bonds is 3. The van der Waals surface area contributed by atoms with Gasteiger partial charge >= 0.3 is 0 Å². The lowest BCUT2D eigenvalue weighted by atomic mass is 9.98. The summed E-state index contributed by atoms with van der Waals surface area (Å²) in [5, 5.41) is 1.03. The van der Waals surface area contributed by atoms with E-state index in [1.165, 1.54) is 6.26 Å². The SMILES string of the molecule is CS(=O)(=O)c1ccc(-c2cc(-c3ccncc3)nc3ccccc23)cc1. The molecule has 0 aliphatic carbocycles. The van der Waals surface area contributed by atoms with Crippen LogP contribution in [0.2, 0.25) is 0 Å². The predicted molar refractivity (Wildman–Crippen MR) is 104 cm³/mol. The predicted octanol–water partition coefficient (Wildman–Crippen LogP) is 4.37. The minimum atomic E-state index is -3.21. The largest absolute Gasteiger partial charge is 0.265 e. The monoisotopic (exact) mass is 360 g/mol. The number of hydrogen-bond acceptors (Lipinski definition) is 4. The van der Waals surface area contributed by atoms with Crippen LogP contribution in [0.1, 0.15) is 0 Å². The number of hydrogen-bond donors (Lipinski definition) is 0. The van der Waals surface area contributed by atoms with Crippen LogP contribution in [0.15, 0.2) is 84.0 Å². The maximum atomic E-state index is 11.7. The summed E-state index contributed by atoms with van der Waals surface area (Å²) in [6.45, 7) is 0. The van der Waals surface area contributed by atoms with Crippen LogP contribution in [-0.4, -0.2) is 24.6 Å². The molecular formula is C21H16N2O2S. The van der Waals surface area contributed by atoms with Crippen molar-refractivity contribution in [2.24, 2.45) is 0 Å². The maximum Gasteiger partial charge on any atom is 0.175 e. The Labute approximate surface area is 152 Å². The highest BCUT2D eigenvalue weighted by Gasteiger charge is 2.11. The van der Waals surface area contributed by atoms with Crippen LogP contribution < -0.4 is 0 Å². The van der Waals surface area contributed by atoms with Crippen LogP contribution in [0, 0.1) is 0 Å². The van der Waals surface area contributed by atoms with E-state index < -0.39 is 9.84 Å². The highest BCUT2D eigenvalue weighted by Crippen LogP contribution is 2.32. The molecule has 2 heterocycles. The first kappa shape index (κ1) is 16.4. The van der Waals surface area contributed by atoms with Crippen molar-refractivity contribution in [1.29, 1.82) is 0 Å². The van der Waals surface area contributed by atoms with Gasteiger partial charge in [0.1, 0.15) is 0 Å². The molecule has 2 aromatic heterocycles. The molecule has 26 heavy (non-hydrogen) atoms. The Morgan fingerprint density at radius 3 is 2.19 bits per heavy atom. The van der Waals surface area contributed by atoms with Crippen LogP contribution in [-0.2, 0) is 9.84 Å². The van der Waals surface area contributed by atoms with Crippen LogP contribution >= 0.6 is 0 Å². The van der Waals surface area contributed by atoms with Crippen molar-refractivity contribution in [2.75, 3.05) is 6.26 Å². The topological polar surface area (TPSA) is 59.9 Å². The van der Waals surface area contributed by atoms with Gasteiger partial charge < -0.3 is 0 Å². The van der Waals surface area contributed by atoms with Gasteiger partial charge in [0.25, 0.3) is 0 Å². The molecule has 0 N–H and O–H groups in total. The fourth-order valence-corrected chi connectivity index (χ4v) is 3.60. The van der Waals surface area contributed by atoms with Crippen LogP contribution in [0.5, 0.6) is 0 Å². The van der Waals surface area contributed by atoms with Crippen molar-refractivity contribution >= 4 is 20.7 Å². The lowest BCUT2D eigenvalue weighted by Crippen LogP contribution is -1.96. The average Bonchev–Trinajstić information content (AvgIpc) is 2.67. The molecule has 0 saturated heterocycles. The van der Waals surface area contributed by atoms with Gasteiger partial charge in [0.15, 0.2) is 9.84 Å². The number of para-hydroxylation sites is 1. The Hall–Kier alpha value is -3.05. The molecule has 0 atom stereocenters. The second-order valence-electron chi connectivity index (χ2n) is 6.10. The molecule has 0 bridgehead atoms. The van der Waals surface area contributed by atoms with Crippen LogP contribution in [0.4, 0.5) is 0 Å². The van der Waals surface area contributed by atoms with Gasteiger partial charge in [-0.25, -0.2) is 13.4 Å². The summed E-state index contributed by atoms with van der Waals surface area (Å²) >= 11 is 0. The summed E-state index contributed by atoms with van der Waals surface area (Å²) in [5.41, 5.74) is 4.70. The van der Waals surface area contributed by atoms with Gasteiger partial charge in [-0.05, 0) is 47.5 Å². The second-order valence-corrected chi connectivity index (χ2v) is 8.12. The Bertz CT molecular complexity index is 1190. The molecule has 2 aromatic carbocycles. The van der Waals surface area contributed by atoms with Crippen molar-refractivity contribution in [2.45, 2.75) is 4.90 Å². The summed E-state index contributed by atoms with van der Waals surface area (Å²) in [5.74, 6) is 0. The fraction of sp³-hybridized carbons (Fsp3) is 0.0476. The van der Waals surface area contributed by atoms with Gasteiger partial charge in [0.2, 0.25) is 0 Å². The molecule has 0 radical (unpaired) electrons. The first-order valence-corrected chi connectivity index (χ1v) is 10.0. The second kappa shape index (κ2) is 6.35. The van der Waals surface area contributed by atoms with E-state index in [4.69, 9.17) is 4.98 Å². The van der Waals surface area contributed by atoms with Crippen molar-refractivity contribution in [1.82, 2.24) is 9.97 Å². The Morgan fingerprint density at radius 1 is 0.808 bits per heavy atom. The minimum absolute atomic E-state index is 0.314. The molecule has 0 aliphatic heterocycles. The number of nitrogens with zero attached hydrogens (tertiary/aromatic N) is 2. The van der Waals surface area contributed by atoms with Crippen molar-refractivity contribution in [3.05, 3.63) is 79.1 Å². The Balaban J connectivity index is 1.94. The van der Waals surface area contributed by atoms with E-state index in [9.17, 15) is 8.42 Å². The first-order valence-electron chi connectivity index (χ1n) is 8.13. The lowest BCUT2D eigenvalue weighted by molar-refractivity contribution is 0.602. The van der Waals surface area contributed by atoms with Gasteiger partial charge in [0.05, 0.1) is 16.1 Å². The van der Waals surface area contributed by atoms with Gasteiger partial charge in [-0.3, -0.25) is 4.98 Å². The summed E-state index contributed by atoms with van der Waals surface area (Å²) in [7, 11) is -3.21. The first-order chi connectivity index (χ1) is 12.5. The summed E-state index contributed by atoms with van der Waals surface area (Å²) in [4.78, 5) is 9.14. The zero-order valence-corrected chi connectivity index (χ0v) is 14.9. The van der Waals surface area contributed by atoms with Crippen molar-refractivity contribution in [3.8, 4) is 22.4 Å². The average molecular weight is 360 g/mol. The highest BCUT2D eigenvalue weighted by atomic mass is 32.2. The molecule has 128 valence electrons. The molecule has 0 saturated carbocycles. The minimum Gasteiger partial charge on any atom is -0.265 e. The van der Waals surface area contributed by atoms with Gasteiger partial charge in [0, 0.05) is 29.6 Å². The third kappa shape index (κ3) is 3.09. The molecule has 4 aromatic rings. The maximum absolute atomic E-state index is 11.7. The zero-order chi connectivity index (χ0) is 18.1. The van der Waals surface area contributed by atoms with Gasteiger partial charge in [-0.1, -0.05) is 30.3 Å². The molecule has 4 nitrogen and oxygen atoms in total. The van der Waals surface area contributed by atoms with E-state index in [1.807, 2.05) is 54.6 Å². The highest BCUT2D eigenvalue weighted by molar-refractivity contribution is 7.90. The van der Waals surface area contributed by atoms with Crippen molar-refractivity contribution in [3.63, 3.8) is 0 Å². The third-order valence-electron chi connectivity index (χ3n) is 4.29. The molecular weight excluding hydrogens is 344 g/mol. The van der Waals surface area contributed by atoms with E-state index >= 15 is 0 Å². The number of sulfone groups is 1. The normalized spacial score (nSPS) is 11.6. The fourth-order valence-electron chi connectivity index (χ4n) is 2.97. The molecule has 0 spiro atoms. The Kier molecular flexibility index (Phi) is 4.01. The third-order valence-corrected chi connectivity index (χ3v) is 5.41. The van der Waals surface area contributed by atoms with E-state index in [1.54, 1.807) is 24.5 Å². The molecule has 0 amide bonds.